The van der Waals surface area contributed by atoms with Gasteiger partial charge in [-0.15, -0.1) is 0 Å². The molecule has 0 aliphatic rings. The van der Waals surface area contributed by atoms with Crippen LogP contribution in [0.5, 0.6) is 0 Å². The Balaban J connectivity index is 2.14. The Morgan fingerprint density at radius 1 is 1.00 bits per heavy atom. The summed E-state index contributed by atoms with van der Waals surface area (Å²) in [5.74, 6) is -0.0866. The van der Waals surface area contributed by atoms with Crippen LogP contribution in [0.4, 0.5) is 5.69 Å². The van der Waals surface area contributed by atoms with E-state index in [4.69, 9.17) is 5.11 Å². The molecule has 4 nitrogen and oxygen atoms in total. The van der Waals surface area contributed by atoms with Crippen LogP contribution in [-0.4, -0.2) is 13.5 Å². The van der Waals surface area contributed by atoms with E-state index in [0.29, 0.717) is 11.3 Å². The highest BCUT2D eigenvalue weighted by molar-refractivity contribution is 7.91. The Hall–Kier alpha value is -1.85. The standard InChI is InChI=1S/C16H19NO3S/c1-2-15-5-3-4-6-16(15)17-21(19,20)12-14-9-7-13(11-18)8-10-14/h3-10,17-18H,2,11-12H2,1H3. The van der Waals surface area contributed by atoms with E-state index in [-0.39, 0.29) is 12.4 Å². The molecule has 5 heteroatoms. The van der Waals surface area contributed by atoms with Crippen molar-refractivity contribution in [3.05, 3.63) is 65.2 Å². The van der Waals surface area contributed by atoms with Gasteiger partial charge in [-0.1, -0.05) is 49.4 Å². The summed E-state index contributed by atoms with van der Waals surface area (Å²) < 4.78 is 27.1. The molecule has 0 saturated heterocycles. The van der Waals surface area contributed by atoms with Crippen LogP contribution in [0.15, 0.2) is 48.5 Å². The van der Waals surface area contributed by atoms with Crippen LogP contribution >= 0.6 is 0 Å². The fourth-order valence-electron chi connectivity index (χ4n) is 2.09. The molecule has 0 heterocycles. The molecule has 0 spiro atoms. The molecule has 0 unspecified atom stereocenters. The Bertz CT molecular complexity index is 694. The topological polar surface area (TPSA) is 66.4 Å². The fraction of sp³-hybridized carbons (Fsp3) is 0.250. The smallest absolute Gasteiger partial charge is 0.236 e. The highest BCUT2D eigenvalue weighted by atomic mass is 32.2. The van der Waals surface area contributed by atoms with Crippen molar-refractivity contribution in [2.24, 2.45) is 0 Å². The first-order chi connectivity index (χ1) is 10.0. The summed E-state index contributed by atoms with van der Waals surface area (Å²) in [5.41, 5.74) is 3.05. The van der Waals surface area contributed by atoms with Gasteiger partial charge in [-0.05, 0) is 29.2 Å². The molecule has 2 rings (SSSR count). The lowest BCUT2D eigenvalue weighted by Gasteiger charge is -2.11. The van der Waals surface area contributed by atoms with Gasteiger partial charge in [0.1, 0.15) is 0 Å². The third kappa shape index (κ3) is 4.31. The van der Waals surface area contributed by atoms with Gasteiger partial charge in [-0.3, -0.25) is 4.72 Å². The molecule has 2 aromatic carbocycles. The molecular formula is C16H19NO3S. The van der Waals surface area contributed by atoms with Crippen molar-refractivity contribution in [1.29, 1.82) is 0 Å². The van der Waals surface area contributed by atoms with Crippen molar-refractivity contribution in [2.75, 3.05) is 4.72 Å². The van der Waals surface area contributed by atoms with Crippen molar-refractivity contribution < 1.29 is 13.5 Å². The molecule has 112 valence electrons. The first-order valence-corrected chi connectivity index (χ1v) is 8.46. The molecule has 0 aliphatic carbocycles. The van der Waals surface area contributed by atoms with Crippen LogP contribution in [0.2, 0.25) is 0 Å². The minimum absolute atomic E-state index is 0.0465. The van der Waals surface area contributed by atoms with E-state index in [1.165, 1.54) is 0 Å². The molecule has 0 bridgehead atoms. The minimum Gasteiger partial charge on any atom is -0.392 e. The zero-order valence-corrected chi connectivity index (χ0v) is 12.7. The lowest BCUT2D eigenvalue weighted by molar-refractivity contribution is 0.282. The molecule has 21 heavy (non-hydrogen) atoms. The maximum atomic E-state index is 12.2. The van der Waals surface area contributed by atoms with E-state index in [9.17, 15) is 8.42 Å². The van der Waals surface area contributed by atoms with Crippen molar-refractivity contribution >= 4 is 15.7 Å². The van der Waals surface area contributed by atoms with Gasteiger partial charge in [0.25, 0.3) is 0 Å². The summed E-state index contributed by atoms with van der Waals surface area (Å²) in [7, 11) is -3.45. The first kappa shape index (κ1) is 15.5. The predicted molar refractivity (Wildman–Crippen MR) is 84.4 cm³/mol. The number of hydrogen-bond donors (Lipinski definition) is 2. The number of aliphatic hydroxyl groups is 1. The summed E-state index contributed by atoms with van der Waals surface area (Å²) in [6.07, 6.45) is 0.768. The third-order valence-electron chi connectivity index (χ3n) is 3.23. The fourth-order valence-corrected chi connectivity index (χ4v) is 3.33. The molecule has 0 radical (unpaired) electrons. The van der Waals surface area contributed by atoms with Gasteiger partial charge in [0.15, 0.2) is 0 Å². The normalized spacial score (nSPS) is 11.3. The number of nitrogens with one attached hydrogen (secondary N) is 1. The van der Waals surface area contributed by atoms with Crippen LogP contribution in [0, 0.1) is 0 Å². The van der Waals surface area contributed by atoms with E-state index in [1.54, 1.807) is 30.3 Å². The summed E-state index contributed by atoms with van der Waals surface area (Å²) in [4.78, 5) is 0. The SMILES string of the molecule is CCc1ccccc1NS(=O)(=O)Cc1ccc(CO)cc1. The summed E-state index contributed by atoms with van der Waals surface area (Å²) >= 11 is 0. The molecule has 0 aliphatic heterocycles. The van der Waals surface area contributed by atoms with Crippen LogP contribution in [0.3, 0.4) is 0 Å². The zero-order chi connectivity index (χ0) is 15.3. The van der Waals surface area contributed by atoms with Crippen LogP contribution in [-0.2, 0) is 28.8 Å². The molecule has 0 amide bonds. The van der Waals surface area contributed by atoms with E-state index >= 15 is 0 Å². The van der Waals surface area contributed by atoms with Gasteiger partial charge >= 0.3 is 0 Å². The quantitative estimate of drug-likeness (QED) is 0.862. The van der Waals surface area contributed by atoms with Gasteiger partial charge in [0.05, 0.1) is 18.0 Å². The van der Waals surface area contributed by atoms with Gasteiger partial charge in [-0.2, -0.15) is 0 Å². The largest absolute Gasteiger partial charge is 0.392 e. The van der Waals surface area contributed by atoms with Crippen LogP contribution in [0.25, 0.3) is 0 Å². The number of sulfonamides is 1. The third-order valence-corrected chi connectivity index (χ3v) is 4.47. The Morgan fingerprint density at radius 2 is 1.62 bits per heavy atom. The second-order valence-corrected chi connectivity index (χ2v) is 6.57. The lowest BCUT2D eigenvalue weighted by atomic mass is 10.1. The van der Waals surface area contributed by atoms with E-state index in [2.05, 4.69) is 4.72 Å². The lowest BCUT2D eigenvalue weighted by Crippen LogP contribution is -2.16. The van der Waals surface area contributed by atoms with E-state index in [1.807, 2.05) is 25.1 Å². The second-order valence-electron chi connectivity index (χ2n) is 4.85. The van der Waals surface area contributed by atoms with Crippen molar-refractivity contribution in [2.45, 2.75) is 25.7 Å². The second kappa shape index (κ2) is 6.74. The monoisotopic (exact) mass is 305 g/mol. The van der Waals surface area contributed by atoms with E-state index < -0.39 is 10.0 Å². The predicted octanol–water partition coefficient (Wildman–Crippen LogP) is 2.68. The molecular weight excluding hydrogens is 286 g/mol. The highest BCUT2D eigenvalue weighted by Crippen LogP contribution is 2.18. The number of aryl methyl sites for hydroxylation is 1. The van der Waals surface area contributed by atoms with Crippen molar-refractivity contribution in [3.63, 3.8) is 0 Å². The van der Waals surface area contributed by atoms with Gasteiger partial charge in [0.2, 0.25) is 10.0 Å². The van der Waals surface area contributed by atoms with E-state index in [0.717, 1.165) is 17.5 Å². The van der Waals surface area contributed by atoms with Gasteiger partial charge in [-0.25, -0.2) is 8.42 Å². The highest BCUT2D eigenvalue weighted by Gasteiger charge is 2.13. The summed E-state index contributed by atoms with van der Waals surface area (Å²) in [5, 5.41) is 8.98. The molecule has 0 fully saturated rings. The number of anilines is 1. The van der Waals surface area contributed by atoms with Crippen LogP contribution in [0.1, 0.15) is 23.6 Å². The van der Waals surface area contributed by atoms with Crippen LogP contribution < -0.4 is 4.72 Å². The number of aliphatic hydroxyl groups excluding tert-OH is 1. The maximum Gasteiger partial charge on any atom is 0.236 e. The number of rotatable bonds is 6. The molecule has 0 aromatic heterocycles. The number of benzene rings is 2. The minimum atomic E-state index is -3.45. The van der Waals surface area contributed by atoms with Crippen molar-refractivity contribution in [1.82, 2.24) is 0 Å². The number of para-hydroxylation sites is 1. The Morgan fingerprint density at radius 3 is 2.24 bits per heavy atom. The zero-order valence-electron chi connectivity index (χ0n) is 11.9. The maximum absolute atomic E-state index is 12.2. The van der Waals surface area contributed by atoms with Crippen molar-refractivity contribution in [3.8, 4) is 0 Å². The first-order valence-electron chi connectivity index (χ1n) is 6.81. The van der Waals surface area contributed by atoms with Gasteiger partial charge < -0.3 is 5.11 Å². The summed E-state index contributed by atoms with van der Waals surface area (Å²) in [6, 6.07) is 14.3. The molecule has 0 saturated carbocycles. The average Bonchev–Trinajstić information content (AvgIpc) is 2.47. The Labute approximate surface area is 125 Å². The molecule has 2 aromatic rings. The summed E-state index contributed by atoms with van der Waals surface area (Å²) in [6.45, 7) is 1.94. The average molecular weight is 305 g/mol. The van der Waals surface area contributed by atoms with Gasteiger partial charge in [0, 0.05) is 0 Å². The molecule has 2 N–H and O–H groups in total. The number of hydrogen-bond acceptors (Lipinski definition) is 3. The Kier molecular flexibility index (Phi) is 4.98. The molecule has 0 atom stereocenters.